The van der Waals surface area contributed by atoms with Gasteiger partial charge in [-0.2, -0.15) is 0 Å². The molecule has 0 fully saturated rings. The summed E-state index contributed by atoms with van der Waals surface area (Å²) in [5.41, 5.74) is 1.47. The van der Waals surface area contributed by atoms with E-state index in [2.05, 4.69) is 4.98 Å². The number of nitro benzene ring substituents is 1. The highest BCUT2D eigenvalue weighted by molar-refractivity contribution is 6.10. The van der Waals surface area contributed by atoms with Crippen LogP contribution >= 0.6 is 0 Å². The van der Waals surface area contributed by atoms with E-state index < -0.39 is 0 Å². The Hall–Kier alpha value is -2.49. The number of hydrogen-bond donors (Lipinski definition) is 0. The minimum atomic E-state index is -0.328. The fourth-order valence-corrected chi connectivity index (χ4v) is 2.27. The average Bonchev–Trinajstić information content (AvgIpc) is 2.38. The molecule has 3 aromatic rings. The van der Waals surface area contributed by atoms with Crippen molar-refractivity contribution in [1.82, 2.24) is 4.98 Å². The zero-order valence-electron chi connectivity index (χ0n) is 9.75. The maximum atomic E-state index is 11.3. The van der Waals surface area contributed by atoms with Crippen LogP contribution in [-0.2, 0) is 0 Å². The van der Waals surface area contributed by atoms with Gasteiger partial charge in [-0.3, -0.25) is 15.1 Å². The number of nitro groups is 1. The third kappa shape index (κ3) is 1.43. The molecule has 0 amide bonds. The summed E-state index contributed by atoms with van der Waals surface area (Å²) in [7, 11) is 0. The molecule has 0 unspecified atom stereocenters. The van der Waals surface area contributed by atoms with Crippen molar-refractivity contribution in [3.05, 3.63) is 58.3 Å². The van der Waals surface area contributed by atoms with Crippen LogP contribution in [0.5, 0.6) is 0 Å². The van der Waals surface area contributed by atoms with E-state index >= 15 is 0 Å². The van der Waals surface area contributed by atoms with Gasteiger partial charge < -0.3 is 0 Å². The molecule has 2 aromatic carbocycles. The topological polar surface area (TPSA) is 56.0 Å². The highest BCUT2D eigenvalue weighted by Gasteiger charge is 2.18. The zero-order chi connectivity index (χ0) is 12.7. The summed E-state index contributed by atoms with van der Waals surface area (Å²) in [6.07, 6.45) is 1.75. The fraction of sp³-hybridized carbons (Fsp3) is 0.0714. The number of pyridine rings is 1. The fourth-order valence-electron chi connectivity index (χ4n) is 2.27. The average molecular weight is 238 g/mol. The summed E-state index contributed by atoms with van der Waals surface area (Å²) in [4.78, 5) is 15.2. The first kappa shape index (κ1) is 10.7. The maximum Gasteiger partial charge on any atom is 0.282 e. The standard InChI is InChI=1S/C14H10N2O2/c1-9-6-7-12-13(14(9)16(17)18)11-5-3-2-4-10(11)8-15-12/h2-8H,1H3. The van der Waals surface area contributed by atoms with Crippen LogP contribution in [0.2, 0.25) is 0 Å². The van der Waals surface area contributed by atoms with Gasteiger partial charge in [0, 0.05) is 17.1 Å². The molecule has 3 rings (SSSR count). The van der Waals surface area contributed by atoms with Gasteiger partial charge in [0.25, 0.3) is 5.69 Å². The van der Waals surface area contributed by atoms with Crippen molar-refractivity contribution in [3.63, 3.8) is 0 Å². The van der Waals surface area contributed by atoms with Gasteiger partial charge in [-0.25, -0.2) is 0 Å². The Morgan fingerprint density at radius 2 is 1.94 bits per heavy atom. The van der Waals surface area contributed by atoms with Crippen molar-refractivity contribution >= 4 is 27.4 Å². The Balaban J connectivity index is 2.62. The van der Waals surface area contributed by atoms with Gasteiger partial charge in [0.2, 0.25) is 0 Å². The van der Waals surface area contributed by atoms with Crippen LogP contribution in [0.3, 0.4) is 0 Å². The Morgan fingerprint density at radius 1 is 1.17 bits per heavy atom. The molecule has 0 bridgehead atoms. The smallest absolute Gasteiger partial charge is 0.258 e. The lowest BCUT2D eigenvalue weighted by atomic mass is 10.0. The van der Waals surface area contributed by atoms with Crippen LogP contribution in [0.15, 0.2) is 42.6 Å². The molecule has 0 radical (unpaired) electrons. The van der Waals surface area contributed by atoms with Crippen molar-refractivity contribution in [2.75, 3.05) is 0 Å². The highest BCUT2D eigenvalue weighted by Crippen LogP contribution is 2.33. The molecule has 0 aliphatic heterocycles. The highest BCUT2D eigenvalue weighted by atomic mass is 16.6. The van der Waals surface area contributed by atoms with E-state index in [1.54, 1.807) is 19.2 Å². The first-order chi connectivity index (χ1) is 8.68. The molecular weight excluding hydrogens is 228 g/mol. The Kier molecular flexibility index (Phi) is 2.23. The van der Waals surface area contributed by atoms with Crippen LogP contribution in [-0.4, -0.2) is 9.91 Å². The van der Waals surface area contributed by atoms with Crippen molar-refractivity contribution < 1.29 is 4.92 Å². The lowest BCUT2D eigenvalue weighted by Gasteiger charge is -2.05. The maximum absolute atomic E-state index is 11.3. The third-order valence-electron chi connectivity index (χ3n) is 3.11. The van der Waals surface area contributed by atoms with Gasteiger partial charge in [0.1, 0.15) is 0 Å². The van der Waals surface area contributed by atoms with Crippen LogP contribution in [0.4, 0.5) is 5.69 Å². The van der Waals surface area contributed by atoms with Crippen LogP contribution < -0.4 is 0 Å². The summed E-state index contributed by atoms with van der Waals surface area (Å²) < 4.78 is 0. The number of nitrogens with zero attached hydrogens (tertiary/aromatic N) is 2. The van der Waals surface area contributed by atoms with Crippen molar-refractivity contribution in [2.24, 2.45) is 0 Å². The van der Waals surface area contributed by atoms with Crippen LogP contribution in [0.1, 0.15) is 5.56 Å². The molecular formula is C14H10N2O2. The number of aryl methyl sites for hydroxylation is 1. The monoisotopic (exact) mass is 238 g/mol. The predicted molar refractivity (Wildman–Crippen MR) is 70.6 cm³/mol. The van der Waals surface area contributed by atoms with Crippen LogP contribution in [0.25, 0.3) is 21.7 Å². The molecule has 18 heavy (non-hydrogen) atoms. The molecule has 4 nitrogen and oxygen atoms in total. The van der Waals surface area contributed by atoms with Gasteiger partial charge in [-0.15, -0.1) is 0 Å². The van der Waals surface area contributed by atoms with Gasteiger partial charge >= 0.3 is 0 Å². The second-order valence-corrected chi connectivity index (χ2v) is 4.23. The molecule has 0 atom stereocenters. The molecule has 0 spiro atoms. The summed E-state index contributed by atoms with van der Waals surface area (Å²) in [6, 6.07) is 11.2. The molecule has 4 heteroatoms. The largest absolute Gasteiger partial charge is 0.282 e. The zero-order valence-corrected chi connectivity index (χ0v) is 9.75. The van der Waals surface area contributed by atoms with E-state index in [0.717, 1.165) is 10.8 Å². The molecule has 1 aromatic heterocycles. The molecule has 0 saturated heterocycles. The Morgan fingerprint density at radius 3 is 2.72 bits per heavy atom. The summed E-state index contributed by atoms with van der Waals surface area (Å²) in [5.74, 6) is 0. The van der Waals surface area contributed by atoms with Crippen molar-refractivity contribution in [2.45, 2.75) is 6.92 Å². The molecule has 0 aliphatic carbocycles. The second kappa shape index (κ2) is 3.77. The van der Waals surface area contributed by atoms with Gasteiger partial charge in [-0.1, -0.05) is 30.3 Å². The lowest BCUT2D eigenvalue weighted by molar-refractivity contribution is -0.383. The van der Waals surface area contributed by atoms with E-state index in [1.165, 1.54) is 0 Å². The number of fused-ring (bicyclic) bond motifs is 3. The minimum Gasteiger partial charge on any atom is -0.258 e. The Labute approximate surface area is 103 Å². The van der Waals surface area contributed by atoms with E-state index in [0.29, 0.717) is 16.5 Å². The van der Waals surface area contributed by atoms with Crippen molar-refractivity contribution in [3.8, 4) is 0 Å². The third-order valence-corrected chi connectivity index (χ3v) is 3.11. The quantitative estimate of drug-likeness (QED) is 0.369. The SMILES string of the molecule is Cc1ccc2ncc3ccccc3c2c1[N+](=O)[O-]. The normalized spacial score (nSPS) is 10.9. The number of aromatic nitrogens is 1. The van der Waals surface area contributed by atoms with Crippen LogP contribution in [0, 0.1) is 17.0 Å². The Bertz CT molecular complexity index is 781. The van der Waals surface area contributed by atoms with E-state index in [9.17, 15) is 10.1 Å². The second-order valence-electron chi connectivity index (χ2n) is 4.23. The molecule has 0 saturated carbocycles. The van der Waals surface area contributed by atoms with Gasteiger partial charge in [0.15, 0.2) is 0 Å². The first-order valence-corrected chi connectivity index (χ1v) is 5.60. The predicted octanol–water partition coefficient (Wildman–Crippen LogP) is 3.60. The number of hydrogen-bond acceptors (Lipinski definition) is 3. The minimum absolute atomic E-state index is 0.150. The van der Waals surface area contributed by atoms with Gasteiger partial charge in [0.05, 0.1) is 15.8 Å². The molecule has 88 valence electrons. The molecule has 0 aliphatic rings. The lowest BCUT2D eigenvalue weighted by Crippen LogP contribution is -1.95. The van der Waals surface area contributed by atoms with Gasteiger partial charge in [-0.05, 0) is 18.4 Å². The van der Waals surface area contributed by atoms with E-state index in [-0.39, 0.29) is 10.6 Å². The number of rotatable bonds is 1. The number of benzene rings is 2. The van der Waals surface area contributed by atoms with E-state index in [1.807, 2.05) is 30.3 Å². The summed E-state index contributed by atoms with van der Waals surface area (Å²) in [5, 5.41) is 13.7. The van der Waals surface area contributed by atoms with Crippen molar-refractivity contribution in [1.29, 1.82) is 0 Å². The first-order valence-electron chi connectivity index (χ1n) is 5.60. The van der Waals surface area contributed by atoms with E-state index in [4.69, 9.17) is 0 Å². The summed E-state index contributed by atoms with van der Waals surface area (Å²) in [6.45, 7) is 1.75. The molecule has 1 heterocycles. The molecule has 0 N–H and O–H groups in total. The summed E-state index contributed by atoms with van der Waals surface area (Å²) >= 11 is 0.